The van der Waals surface area contributed by atoms with Gasteiger partial charge in [-0.05, 0) is 11.1 Å². The molecule has 4 nitrogen and oxygen atoms in total. The van der Waals surface area contributed by atoms with Gasteiger partial charge in [0.25, 0.3) is 0 Å². The summed E-state index contributed by atoms with van der Waals surface area (Å²) in [7, 11) is 1.21. The standard InChI is InChI=1S/C11H11NO3/c1-15-11(14)10(13)12-6-8-4-2-3-5-9(8)7-12/h2-5H,6-7H2,1H3. The molecule has 4 heteroatoms. The SMILES string of the molecule is COC(=O)C(=O)N1Cc2ccccc2C1. The topological polar surface area (TPSA) is 46.6 Å². The second kappa shape index (κ2) is 3.73. The maximum Gasteiger partial charge on any atom is 0.396 e. The number of methoxy groups -OCH3 is 1. The van der Waals surface area contributed by atoms with Crippen LogP contribution < -0.4 is 0 Å². The summed E-state index contributed by atoms with van der Waals surface area (Å²) < 4.78 is 4.39. The molecule has 0 N–H and O–H groups in total. The molecule has 0 aliphatic carbocycles. The monoisotopic (exact) mass is 205 g/mol. The van der Waals surface area contributed by atoms with Crippen LogP contribution in [-0.4, -0.2) is 23.9 Å². The van der Waals surface area contributed by atoms with Gasteiger partial charge in [-0.3, -0.25) is 4.79 Å². The highest BCUT2D eigenvalue weighted by atomic mass is 16.5. The largest absolute Gasteiger partial charge is 0.462 e. The Morgan fingerprint density at radius 3 is 2.20 bits per heavy atom. The van der Waals surface area contributed by atoms with Crippen LogP contribution in [0, 0.1) is 0 Å². The minimum Gasteiger partial charge on any atom is -0.462 e. The van der Waals surface area contributed by atoms with E-state index in [1.165, 1.54) is 12.0 Å². The van der Waals surface area contributed by atoms with Crippen molar-refractivity contribution in [3.05, 3.63) is 35.4 Å². The van der Waals surface area contributed by atoms with Gasteiger partial charge >= 0.3 is 11.9 Å². The van der Waals surface area contributed by atoms with Crippen LogP contribution in [0.4, 0.5) is 0 Å². The molecule has 0 spiro atoms. The summed E-state index contributed by atoms with van der Waals surface area (Å²) in [6, 6.07) is 7.76. The van der Waals surface area contributed by atoms with E-state index < -0.39 is 11.9 Å². The molecule has 2 rings (SSSR count). The Balaban J connectivity index is 2.14. The van der Waals surface area contributed by atoms with E-state index in [0.29, 0.717) is 13.1 Å². The van der Waals surface area contributed by atoms with Crippen LogP contribution in [0.15, 0.2) is 24.3 Å². The Morgan fingerprint density at radius 2 is 1.73 bits per heavy atom. The van der Waals surface area contributed by atoms with Gasteiger partial charge in [-0.25, -0.2) is 4.79 Å². The zero-order valence-electron chi connectivity index (χ0n) is 8.40. The van der Waals surface area contributed by atoms with E-state index >= 15 is 0 Å². The fourth-order valence-corrected chi connectivity index (χ4v) is 1.69. The molecule has 0 atom stereocenters. The summed E-state index contributed by atoms with van der Waals surface area (Å²) in [6.45, 7) is 0.980. The fraction of sp³-hybridized carbons (Fsp3) is 0.273. The van der Waals surface area contributed by atoms with Crippen molar-refractivity contribution < 1.29 is 14.3 Å². The summed E-state index contributed by atoms with van der Waals surface area (Å²) in [4.78, 5) is 24.0. The maximum atomic E-state index is 11.5. The van der Waals surface area contributed by atoms with Gasteiger partial charge in [0.1, 0.15) is 0 Å². The molecule has 0 bridgehead atoms. The fourth-order valence-electron chi connectivity index (χ4n) is 1.69. The molecule has 1 aliphatic heterocycles. The first-order valence-electron chi connectivity index (χ1n) is 4.66. The molecule has 1 aromatic rings. The van der Waals surface area contributed by atoms with Crippen molar-refractivity contribution in [2.24, 2.45) is 0 Å². The van der Waals surface area contributed by atoms with Gasteiger partial charge in [0, 0.05) is 13.1 Å². The predicted octanol–water partition coefficient (Wildman–Crippen LogP) is 0.702. The van der Waals surface area contributed by atoms with Gasteiger partial charge in [-0.1, -0.05) is 24.3 Å². The van der Waals surface area contributed by atoms with E-state index in [1.54, 1.807) is 0 Å². The molecule has 1 aliphatic rings. The first-order valence-corrected chi connectivity index (χ1v) is 4.66. The average molecular weight is 205 g/mol. The van der Waals surface area contributed by atoms with E-state index in [9.17, 15) is 9.59 Å². The van der Waals surface area contributed by atoms with Crippen LogP contribution in [0.25, 0.3) is 0 Å². The predicted molar refractivity (Wildman–Crippen MR) is 52.7 cm³/mol. The molecule has 1 aromatic carbocycles. The number of nitrogens with zero attached hydrogens (tertiary/aromatic N) is 1. The third kappa shape index (κ3) is 1.70. The highest BCUT2D eigenvalue weighted by Gasteiger charge is 2.27. The van der Waals surface area contributed by atoms with Crippen LogP contribution in [0.2, 0.25) is 0 Å². The third-order valence-electron chi connectivity index (χ3n) is 2.49. The Hall–Kier alpha value is -1.84. The average Bonchev–Trinajstić information content (AvgIpc) is 2.70. The molecule has 0 unspecified atom stereocenters. The number of fused-ring (bicyclic) bond motifs is 1. The van der Waals surface area contributed by atoms with Gasteiger partial charge in [0.2, 0.25) is 0 Å². The van der Waals surface area contributed by atoms with Crippen molar-refractivity contribution in [3.8, 4) is 0 Å². The lowest BCUT2D eigenvalue weighted by Crippen LogP contribution is -2.33. The first kappa shape index (κ1) is 9.71. The van der Waals surface area contributed by atoms with Crippen molar-refractivity contribution in [2.45, 2.75) is 13.1 Å². The van der Waals surface area contributed by atoms with Crippen LogP contribution in [-0.2, 0) is 27.4 Å². The first-order chi connectivity index (χ1) is 7.22. The number of hydrogen-bond acceptors (Lipinski definition) is 3. The van der Waals surface area contributed by atoms with Crippen molar-refractivity contribution >= 4 is 11.9 Å². The number of benzene rings is 1. The number of rotatable bonds is 0. The number of amides is 1. The maximum absolute atomic E-state index is 11.5. The summed E-state index contributed by atoms with van der Waals surface area (Å²) in [5, 5.41) is 0. The van der Waals surface area contributed by atoms with Crippen LogP contribution in [0.1, 0.15) is 11.1 Å². The van der Waals surface area contributed by atoms with Gasteiger partial charge in [-0.15, -0.1) is 0 Å². The highest BCUT2D eigenvalue weighted by Crippen LogP contribution is 2.22. The molecule has 0 saturated heterocycles. The lowest BCUT2D eigenvalue weighted by Gasteiger charge is -2.12. The van der Waals surface area contributed by atoms with E-state index in [1.807, 2.05) is 24.3 Å². The Kier molecular flexibility index (Phi) is 2.41. The summed E-state index contributed by atoms with van der Waals surface area (Å²) >= 11 is 0. The van der Waals surface area contributed by atoms with Crippen LogP contribution in [0.3, 0.4) is 0 Å². The number of esters is 1. The van der Waals surface area contributed by atoms with E-state index in [0.717, 1.165) is 11.1 Å². The number of carbonyl (C=O) groups excluding carboxylic acids is 2. The molecule has 15 heavy (non-hydrogen) atoms. The van der Waals surface area contributed by atoms with Crippen molar-refractivity contribution in [1.82, 2.24) is 4.90 Å². The second-order valence-corrected chi connectivity index (χ2v) is 3.42. The third-order valence-corrected chi connectivity index (χ3v) is 2.49. The molecule has 0 fully saturated rings. The summed E-state index contributed by atoms with van der Waals surface area (Å²) in [5.41, 5.74) is 2.18. The van der Waals surface area contributed by atoms with Gasteiger partial charge in [0.15, 0.2) is 0 Å². The number of ether oxygens (including phenoxy) is 1. The van der Waals surface area contributed by atoms with Gasteiger partial charge in [0.05, 0.1) is 7.11 Å². The van der Waals surface area contributed by atoms with Gasteiger partial charge in [-0.2, -0.15) is 0 Å². The second-order valence-electron chi connectivity index (χ2n) is 3.42. The van der Waals surface area contributed by atoms with Crippen molar-refractivity contribution in [2.75, 3.05) is 7.11 Å². The minimum atomic E-state index is -0.803. The van der Waals surface area contributed by atoms with Crippen molar-refractivity contribution in [3.63, 3.8) is 0 Å². The quantitative estimate of drug-likeness (QED) is 0.462. The minimum absolute atomic E-state index is 0.490. The number of hydrogen-bond donors (Lipinski definition) is 0. The number of carbonyl (C=O) groups is 2. The Labute approximate surface area is 87.4 Å². The van der Waals surface area contributed by atoms with Crippen LogP contribution in [0.5, 0.6) is 0 Å². The zero-order chi connectivity index (χ0) is 10.8. The van der Waals surface area contributed by atoms with Crippen molar-refractivity contribution in [1.29, 1.82) is 0 Å². The molecular formula is C11H11NO3. The zero-order valence-corrected chi connectivity index (χ0v) is 8.40. The summed E-state index contributed by atoms with van der Waals surface area (Å²) in [6.07, 6.45) is 0. The Morgan fingerprint density at radius 1 is 1.20 bits per heavy atom. The lowest BCUT2D eigenvalue weighted by atomic mass is 10.1. The van der Waals surface area contributed by atoms with E-state index in [2.05, 4.69) is 4.74 Å². The normalized spacial score (nSPS) is 13.5. The Bertz CT molecular complexity index is 389. The molecule has 78 valence electrons. The van der Waals surface area contributed by atoms with E-state index in [4.69, 9.17) is 0 Å². The molecular weight excluding hydrogens is 194 g/mol. The molecule has 1 amide bonds. The highest BCUT2D eigenvalue weighted by molar-refractivity contribution is 6.32. The smallest absolute Gasteiger partial charge is 0.396 e. The molecule has 1 heterocycles. The summed E-state index contributed by atoms with van der Waals surface area (Å²) in [5.74, 6) is -1.38. The van der Waals surface area contributed by atoms with Crippen LogP contribution >= 0.6 is 0 Å². The lowest BCUT2D eigenvalue weighted by molar-refractivity contribution is -0.158. The molecule has 0 radical (unpaired) electrons. The molecule has 0 saturated carbocycles. The molecule has 0 aromatic heterocycles. The van der Waals surface area contributed by atoms with Gasteiger partial charge < -0.3 is 9.64 Å². The van der Waals surface area contributed by atoms with E-state index in [-0.39, 0.29) is 0 Å².